The predicted molar refractivity (Wildman–Crippen MR) is 95.4 cm³/mol. The fourth-order valence-corrected chi connectivity index (χ4v) is 5.49. The number of hydrogen-bond acceptors (Lipinski definition) is 4. The Balaban J connectivity index is 1.76. The molecule has 0 N–H and O–H groups in total. The topological polar surface area (TPSA) is 63.7 Å². The number of carbonyl (C=O) groups is 3. The van der Waals surface area contributed by atoms with E-state index >= 15 is 0 Å². The Kier molecular flexibility index (Phi) is 3.44. The number of Topliss-reactive ketones (excluding diaryl/α,β-unsaturated/α-hetero) is 2. The molecule has 3 aliphatic rings. The molecule has 4 atom stereocenters. The number of piperidine rings is 1. The Bertz CT molecular complexity index is 785. The van der Waals surface area contributed by atoms with Crippen molar-refractivity contribution in [1.29, 1.82) is 0 Å². The quantitative estimate of drug-likeness (QED) is 0.826. The van der Waals surface area contributed by atoms with Crippen LogP contribution in [-0.2, 0) is 14.3 Å². The summed E-state index contributed by atoms with van der Waals surface area (Å²) in [7, 11) is 0. The van der Waals surface area contributed by atoms with Crippen molar-refractivity contribution in [2.75, 3.05) is 0 Å². The molecule has 2 fully saturated rings. The molecule has 4 unspecified atom stereocenters. The highest BCUT2D eigenvalue weighted by Gasteiger charge is 2.81. The van der Waals surface area contributed by atoms with Gasteiger partial charge in [-0.1, -0.05) is 24.3 Å². The third kappa shape index (κ3) is 2.12. The first kappa shape index (κ1) is 17.3. The summed E-state index contributed by atoms with van der Waals surface area (Å²) in [6, 6.07) is 7.63. The molecular weight excluding hydrogens is 330 g/mol. The van der Waals surface area contributed by atoms with Crippen molar-refractivity contribution >= 4 is 17.7 Å². The molecule has 2 bridgehead atoms. The van der Waals surface area contributed by atoms with E-state index in [-0.39, 0.29) is 48.0 Å². The van der Waals surface area contributed by atoms with Crippen LogP contribution in [0.25, 0.3) is 0 Å². The van der Waals surface area contributed by atoms with E-state index < -0.39 is 11.0 Å². The van der Waals surface area contributed by atoms with Gasteiger partial charge in [0.15, 0.2) is 0 Å². The summed E-state index contributed by atoms with van der Waals surface area (Å²) in [5.74, 6) is 0.115. The molecule has 1 amide bonds. The van der Waals surface area contributed by atoms with Gasteiger partial charge < -0.3 is 4.74 Å². The molecule has 138 valence electrons. The smallest absolute Gasteiger partial charge is 0.411 e. The minimum Gasteiger partial charge on any atom is -0.444 e. The van der Waals surface area contributed by atoms with E-state index in [9.17, 15) is 14.4 Å². The van der Waals surface area contributed by atoms with E-state index in [0.717, 1.165) is 11.1 Å². The first-order valence-electron chi connectivity index (χ1n) is 9.20. The molecule has 1 saturated carbocycles. The summed E-state index contributed by atoms with van der Waals surface area (Å²) < 4.78 is 5.65. The highest BCUT2D eigenvalue weighted by Crippen LogP contribution is 2.81. The normalized spacial score (nSPS) is 33.5. The maximum atomic E-state index is 12.9. The number of ether oxygens (including phenoxy) is 1. The molecule has 2 aliphatic heterocycles. The number of amides is 1. The number of ketones is 2. The van der Waals surface area contributed by atoms with Crippen LogP contribution in [0, 0.1) is 17.3 Å². The zero-order valence-electron chi connectivity index (χ0n) is 15.9. The first-order valence-corrected chi connectivity index (χ1v) is 9.20. The van der Waals surface area contributed by atoms with Crippen LogP contribution in [0.4, 0.5) is 4.79 Å². The van der Waals surface area contributed by atoms with Crippen molar-refractivity contribution in [2.45, 2.75) is 58.7 Å². The van der Waals surface area contributed by atoms with Crippen molar-refractivity contribution < 1.29 is 19.1 Å². The second-order valence-electron chi connectivity index (χ2n) is 8.93. The summed E-state index contributed by atoms with van der Waals surface area (Å²) in [5, 5.41) is 0. The van der Waals surface area contributed by atoms with Gasteiger partial charge in [0.05, 0.1) is 12.1 Å². The van der Waals surface area contributed by atoms with Crippen LogP contribution in [0.3, 0.4) is 0 Å². The van der Waals surface area contributed by atoms with E-state index in [2.05, 4.69) is 0 Å². The van der Waals surface area contributed by atoms with E-state index in [1.807, 2.05) is 49.9 Å². The lowest BCUT2D eigenvalue weighted by Gasteiger charge is -2.33. The van der Waals surface area contributed by atoms with Crippen LogP contribution >= 0.6 is 0 Å². The van der Waals surface area contributed by atoms with E-state index in [4.69, 9.17) is 4.74 Å². The standard InChI is InChI=1S/C21H25NO4/c1-11(23)10-21(12(2)24)15-16(21)18-14-9-7-6-8-13(14)17(15)22(18)19(25)26-20(3,4)5/h6-9,15-18H,10H2,1-5H3. The maximum absolute atomic E-state index is 12.9. The van der Waals surface area contributed by atoms with Crippen LogP contribution in [0.5, 0.6) is 0 Å². The Labute approximate surface area is 153 Å². The van der Waals surface area contributed by atoms with Crippen LogP contribution in [0.1, 0.15) is 64.3 Å². The Morgan fingerprint density at radius 1 is 1.04 bits per heavy atom. The molecule has 2 heterocycles. The van der Waals surface area contributed by atoms with Crippen LogP contribution in [0.2, 0.25) is 0 Å². The van der Waals surface area contributed by atoms with E-state index in [1.165, 1.54) is 0 Å². The summed E-state index contributed by atoms with van der Waals surface area (Å²) in [6.45, 7) is 8.69. The second-order valence-corrected chi connectivity index (χ2v) is 8.93. The van der Waals surface area contributed by atoms with Gasteiger partial charge in [0.25, 0.3) is 0 Å². The lowest BCUT2D eigenvalue weighted by Crippen LogP contribution is -2.39. The highest BCUT2D eigenvalue weighted by molar-refractivity contribution is 5.94. The molecule has 5 nitrogen and oxygen atoms in total. The van der Waals surface area contributed by atoms with E-state index in [0.29, 0.717) is 0 Å². The molecular formula is C21H25NO4. The minimum absolute atomic E-state index is 0.0105. The molecule has 1 aromatic rings. The summed E-state index contributed by atoms with van der Waals surface area (Å²) in [6.07, 6.45) is -0.0722. The van der Waals surface area contributed by atoms with Crippen LogP contribution in [-0.4, -0.2) is 28.2 Å². The Hall–Kier alpha value is -2.17. The number of rotatable bonds is 3. The average Bonchev–Trinajstić information content (AvgIpc) is 2.89. The van der Waals surface area contributed by atoms with E-state index in [1.54, 1.807) is 13.8 Å². The minimum atomic E-state index is -0.626. The summed E-state index contributed by atoms with van der Waals surface area (Å²) in [4.78, 5) is 39.2. The first-order chi connectivity index (χ1) is 12.1. The van der Waals surface area contributed by atoms with Gasteiger partial charge in [0.2, 0.25) is 0 Å². The van der Waals surface area contributed by atoms with Crippen molar-refractivity contribution in [3.63, 3.8) is 0 Å². The summed E-state index contributed by atoms with van der Waals surface area (Å²) in [5.41, 5.74) is 0.984. The number of hydrogen-bond donors (Lipinski definition) is 0. The Morgan fingerprint density at radius 2 is 1.54 bits per heavy atom. The van der Waals surface area contributed by atoms with Crippen LogP contribution in [0.15, 0.2) is 24.3 Å². The van der Waals surface area contributed by atoms with Gasteiger partial charge in [-0.3, -0.25) is 14.5 Å². The SMILES string of the molecule is CC(=O)CC1(C(C)=O)C2C3c4ccccc4C(C21)N3C(=O)OC(C)(C)C. The van der Waals surface area contributed by atoms with Crippen molar-refractivity contribution in [3.8, 4) is 0 Å². The highest BCUT2D eigenvalue weighted by atomic mass is 16.6. The van der Waals surface area contributed by atoms with Crippen molar-refractivity contribution in [3.05, 3.63) is 35.4 Å². The number of nitrogens with zero attached hydrogens (tertiary/aromatic N) is 1. The van der Waals surface area contributed by atoms with Gasteiger partial charge in [0.1, 0.15) is 17.2 Å². The maximum Gasteiger partial charge on any atom is 0.411 e. The van der Waals surface area contributed by atoms with Gasteiger partial charge in [-0.15, -0.1) is 0 Å². The fourth-order valence-electron chi connectivity index (χ4n) is 5.49. The van der Waals surface area contributed by atoms with Gasteiger partial charge in [-0.05, 0) is 45.7 Å². The molecule has 1 saturated heterocycles. The number of benzene rings is 1. The molecule has 26 heavy (non-hydrogen) atoms. The van der Waals surface area contributed by atoms with Crippen molar-refractivity contribution in [1.82, 2.24) is 4.90 Å². The molecule has 0 aromatic heterocycles. The van der Waals surface area contributed by atoms with Crippen LogP contribution < -0.4 is 0 Å². The fraction of sp³-hybridized carbons (Fsp3) is 0.571. The number of fused-ring (bicyclic) bond motifs is 8. The molecule has 1 aliphatic carbocycles. The lowest BCUT2D eigenvalue weighted by molar-refractivity contribution is -0.129. The van der Waals surface area contributed by atoms with Gasteiger partial charge in [0, 0.05) is 23.7 Å². The molecule has 0 spiro atoms. The van der Waals surface area contributed by atoms with Gasteiger partial charge >= 0.3 is 6.09 Å². The third-order valence-corrected chi connectivity index (χ3v) is 6.18. The summed E-state index contributed by atoms with van der Waals surface area (Å²) >= 11 is 0. The predicted octanol–water partition coefficient (Wildman–Crippen LogP) is 3.83. The molecule has 4 rings (SSSR count). The molecule has 0 radical (unpaired) electrons. The van der Waals surface area contributed by atoms with Gasteiger partial charge in [-0.2, -0.15) is 0 Å². The van der Waals surface area contributed by atoms with Gasteiger partial charge in [-0.25, -0.2) is 4.79 Å². The zero-order valence-corrected chi connectivity index (χ0v) is 15.9. The molecule has 5 heteroatoms. The average molecular weight is 355 g/mol. The second kappa shape index (κ2) is 5.18. The van der Waals surface area contributed by atoms with Crippen molar-refractivity contribution in [2.24, 2.45) is 17.3 Å². The largest absolute Gasteiger partial charge is 0.444 e. The molecule has 1 aromatic carbocycles. The Morgan fingerprint density at radius 3 is 1.92 bits per heavy atom. The number of carbonyl (C=O) groups excluding carboxylic acids is 3. The lowest BCUT2D eigenvalue weighted by atomic mass is 9.87. The third-order valence-electron chi connectivity index (χ3n) is 6.18. The zero-order chi connectivity index (χ0) is 19.0. The monoisotopic (exact) mass is 355 g/mol.